The Balaban J connectivity index is 4.14. The standard InChI is InChI=1S/C22H43O5P/c1-4-7-9-11-13-15-19-26-28(24,21-17-18-25-22(23)6-3)27-20-16-14-12-10-8-5-2/h6H,3-5,7-21H2,1-2H3. The number of hydrogen-bond acceptors (Lipinski definition) is 5. The van der Waals surface area contributed by atoms with Crippen LogP contribution < -0.4 is 0 Å². The first-order valence-corrected chi connectivity index (χ1v) is 13.0. The van der Waals surface area contributed by atoms with Crippen LogP contribution in [0, 0.1) is 0 Å². The van der Waals surface area contributed by atoms with Gasteiger partial charge in [0, 0.05) is 6.08 Å². The summed E-state index contributed by atoms with van der Waals surface area (Å²) in [6.07, 6.45) is 15.7. The van der Waals surface area contributed by atoms with Gasteiger partial charge in [0.2, 0.25) is 0 Å². The fourth-order valence-corrected chi connectivity index (χ4v) is 4.49. The van der Waals surface area contributed by atoms with Crippen LogP contribution in [0.1, 0.15) is 97.3 Å². The predicted molar refractivity (Wildman–Crippen MR) is 117 cm³/mol. The largest absolute Gasteiger partial charge is 0.463 e. The van der Waals surface area contributed by atoms with E-state index in [9.17, 15) is 9.36 Å². The number of hydrogen-bond donors (Lipinski definition) is 0. The Bertz CT molecular complexity index is 403. The van der Waals surface area contributed by atoms with Crippen molar-refractivity contribution in [3.05, 3.63) is 12.7 Å². The maximum Gasteiger partial charge on any atom is 0.330 e. The number of esters is 1. The summed E-state index contributed by atoms with van der Waals surface area (Å²) in [5.74, 6) is -0.462. The molecule has 0 aromatic heterocycles. The fraction of sp³-hybridized carbons (Fsp3) is 0.864. The highest BCUT2D eigenvalue weighted by molar-refractivity contribution is 7.53. The van der Waals surface area contributed by atoms with Gasteiger partial charge in [0.15, 0.2) is 0 Å². The molecule has 0 aliphatic heterocycles. The average molecular weight is 419 g/mol. The number of rotatable bonds is 21. The molecule has 166 valence electrons. The van der Waals surface area contributed by atoms with Crippen LogP contribution in [0.3, 0.4) is 0 Å². The number of unbranched alkanes of at least 4 members (excludes halogenated alkanes) is 10. The Morgan fingerprint density at radius 2 is 1.21 bits per heavy atom. The van der Waals surface area contributed by atoms with Crippen molar-refractivity contribution in [3.8, 4) is 0 Å². The van der Waals surface area contributed by atoms with Crippen molar-refractivity contribution >= 4 is 13.6 Å². The van der Waals surface area contributed by atoms with Gasteiger partial charge >= 0.3 is 13.6 Å². The minimum absolute atomic E-state index is 0.204. The summed E-state index contributed by atoms with van der Waals surface area (Å²) >= 11 is 0. The van der Waals surface area contributed by atoms with Crippen molar-refractivity contribution in [2.24, 2.45) is 0 Å². The Hall–Kier alpha value is -0.640. The summed E-state index contributed by atoms with van der Waals surface area (Å²) < 4.78 is 29.3. The van der Waals surface area contributed by atoms with E-state index in [0.717, 1.165) is 31.8 Å². The summed E-state index contributed by atoms with van der Waals surface area (Å²) in [6, 6.07) is 0. The second-order valence-corrected chi connectivity index (χ2v) is 9.45. The van der Waals surface area contributed by atoms with Crippen LogP contribution in [-0.4, -0.2) is 32.0 Å². The van der Waals surface area contributed by atoms with E-state index in [4.69, 9.17) is 13.8 Å². The van der Waals surface area contributed by atoms with E-state index < -0.39 is 13.6 Å². The first kappa shape index (κ1) is 27.4. The van der Waals surface area contributed by atoms with Gasteiger partial charge in [-0.1, -0.05) is 84.6 Å². The van der Waals surface area contributed by atoms with Crippen molar-refractivity contribution in [1.29, 1.82) is 0 Å². The molecule has 0 radical (unpaired) electrons. The molecule has 0 bridgehead atoms. The molecular weight excluding hydrogens is 375 g/mol. The van der Waals surface area contributed by atoms with Gasteiger partial charge in [-0.2, -0.15) is 0 Å². The van der Waals surface area contributed by atoms with Crippen LogP contribution in [0.25, 0.3) is 0 Å². The van der Waals surface area contributed by atoms with Crippen LogP contribution in [-0.2, 0) is 23.1 Å². The van der Waals surface area contributed by atoms with Gasteiger partial charge in [0.1, 0.15) is 0 Å². The summed E-state index contributed by atoms with van der Waals surface area (Å²) in [4.78, 5) is 11.1. The zero-order valence-corrected chi connectivity index (χ0v) is 19.2. The van der Waals surface area contributed by atoms with Crippen molar-refractivity contribution < 1.29 is 23.1 Å². The van der Waals surface area contributed by atoms with Gasteiger partial charge < -0.3 is 13.8 Å². The van der Waals surface area contributed by atoms with Gasteiger partial charge in [-0.05, 0) is 19.3 Å². The minimum atomic E-state index is -3.13. The monoisotopic (exact) mass is 418 g/mol. The normalized spacial score (nSPS) is 11.5. The maximum absolute atomic E-state index is 13.0. The Morgan fingerprint density at radius 1 is 0.750 bits per heavy atom. The zero-order chi connectivity index (χ0) is 20.9. The molecular formula is C22H43O5P. The van der Waals surface area contributed by atoms with Crippen LogP contribution in [0.5, 0.6) is 0 Å². The third kappa shape index (κ3) is 17.5. The van der Waals surface area contributed by atoms with E-state index >= 15 is 0 Å². The number of ether oxygens (including phenoxy) is 1. The lowest BCUT2D eigenvalue weighted by molar-refractivity contribution is -0.137. The maximum atomic E-state index is 13.0. The minimum Gasteiger partial charge on any atom is -0.463 e. The molecule has 0 atom stereocenters. The first-order chi connectivity index (χ1) is 13.6. The lowest BCUT2D eigenvalue weighted by atomic mass is 10.1. The van der Waals surface area contributed by atoms with Crippen molar-refractivity contribution in [3.63, 3.8) is 0 Å². The van der Waals surface area contributed by atoms with Crippen LogP contribution in [0.15, 0.2) is 12.7 Å². The molecule has 0 aromatic carbocycles. The predicted octanol–water partition coefficient (Wildman–Crippen LogP) is 7.05. The molecule has 0 rings (SSSR count). The van der Waals surface area contributed by atoms with Gasteiger partial charge in [-0.3, -0.25) is 4.57 Å². The molecule has 5 nitrogen and oxygen atoms in total. The van der Waals surface area contributed by atoms with Crippen LogP contribution in [0.2, 0.25) is 0 Å². The van der Waals surface area contributed by atoms with E-state index in [-0.39, 0.29) is 12.8 Å². The van der Waals surface area contributed by atoms with Crippen molar-refractivity contribution in [2.75, 3.05) is 26.0 Å². The Morgan fingerprint density at radius 3 is 1.68 bits per heavy atom. The second-order valence-electron chi connectivity index (χ2n) is 7.26. The first-order valence-electron chi connectivity index (χ1n) is 11.2. The molecule has 0 unspecified atom stereocenters. The quantitative estimate of drug-likeness (QED) is 0.0864. The SMILES string of the molecule is C=CC(=O)OCCCP(=O)(OCCCCCCCC)OCCCCCCCC. The van der Waals surface area contributed by atoms with Crippen molar-refractivity contribution in [2.45, 2.75) is 97.3 Å². The summed E-state index contributed by atoms with van der Waals surface area (Å²) in [7, 11) is -3.13. The topological polar surface area (TPSA) is 61.8 Å². The van der Waals surface area contributed by atoms with Crippen molar-refractivity contribution in [1.82, 2.24) is 0 Å². The molecule has 28 heavy (non-hydrogen) atoms. The second kappa shape index (κ2) is 19.7. The molecule has 0 aromatic rings. The van der Waals surface area contributed by atoms with E-state index in [2.05, 4.69) is 20.4 Å². The number of carbonyl (C=O) groups excluding carboxylic acids is 1. The Labute approximate surface area is 173 Å². The highest BCUT2D eigenvalue weighted by atomic mass is 31.2. The highest BCUT2D eigenvalue weighted by Gasteiger charge is 2.24. The zero-order valence-electron chi connectivity index (χ0n) is 18.3. The van der Waals surface area contributed by atoms with Crippen LogP contribution >= 0.6 is 7.60 Å². The molecule has 0 aliphatic rings. The highest BCUT2D eigenvalue weighted by Crippen LogP contribution is 2.49. The molecule has 0 fully saturated rings. The van der Waals surface area contributed by atoms with Gasteiger partial charge in [0.25, 0.3) is 0 Å². The third-order valence-corrected chi connectivity index (χ3v) is 6.57. The van der Waals surface area contributed by atoms with E-state index in [1.165, 1.54) is 51.4 Å². The van der Waals surface area contributed by atoms with Gasteiger partial charge in [-0.15, -0.1) is 0 Å². The fourth-order valence-electron chi connectivity index (χ4n) is 2.83. The van der Waals surface area contributed by atoms with E-state index in [1.807, 2.05) is 0 Å². The molecule has 0 amide bonds. The summed E-state index contributed by atoms with van der Waals surface area (Å²) in [5, 5.41) is 0. The third-order valence-electron chi connectivity index (χ3n) is 4.56. The Kier molecular flexibility index (Phi) is 19.2. The van der Waals surface area contributed by atoms with E-state index in [0.29, 0.717) is 19.6 Å². The molecule has 0 saturated carbocycles. The molecule has 0 heterocycles. The number of carbonyl (C=O) groups is 1. The average Bonchev–Trinajstić information content (AvgIpc) is 2.70. The summed E-state index contributed by atoms with van der Waals surface area (Å²) in [6.45, 7) is 8.90. The molecule has 0 aliphatic carbocycles. The lowest BCUT2D eigenvalue weighted by Crippen LogP contribution is -2.07. The van der Waals surface area contributed by atoms with Gasteiger partial charge in [-0.25, -0.2) is 4.79 Å². The molecule has 6 heteroatoms. The van der Waals surface area contributed by atoms with Crippen LogP contribution in [0.4, 0.5) is 0 Å². The smallest absolute Gasteiger partial charge is 0.330 e. The van der Waals surface area contributed by atoms with Gasteiger partial charge in [0.05, 0.1) is 26.0 Å². The molecule has 0 N–H and O–H groups in total. The molecule has 0 saturated heterocycles. The summed E-state index contributed by atoms with van der Waals surface area (Å²) in [5.41, 5.74) is 0. The van der Waals surface area contributed by atoms with E-state index in [1.54, 1.807) is 0 Å². The lowest BCUT2D eigenvalue weighted by Gasteiger charge is -2.19. The molecule has 0 spiro atoms.